The van der Waals surface area contributed by atoms with Gasteiger partial charge in [-0.15, -0.1) is 0 Å². The van der Waals surface area contributed by atoms with E-state index in [1.807, 2.05) is 0 Å². The van der Waals surface area contributed by atoms with Gasteiger partial charge in [-0.1, -0.05) is 20.8 Å². The van der Waals surface area contributed by atoms with Gasteiger partial charge >= 0.3 is 0 Å². The molecule has 1 aliphatic rings. The molecule has 0 heterocycles. The number of rotatable bonds is 3. The third kappa shape index (κ3) is 2.96. The van der Waals surface area contributed by atoms with Crippen molar-refractivity contribution in [2.45, 2.75) is 46.1 Å². The molecule has 1 rings (SSSR count). The van der Waals surface area contributed by atoms with Crippen molar-refractivity contribution in [1.82, 2.24) is 0 Å². The predicted octanol–water partition coefficient (Wildman–Crippen LogP) is 2.21. The standard InChI is InChI=1S/C11H22O2/c1-9-8-10(13-7-6-12)4-5-11(9,2)3/h9-10,12H,4-8H2,1-3H3. The summed E-state index contributed by atoms with van der Waals surface area (Å²) in [4.78, 5) is 0. The molecule has 0 aromatic rings. The van der Waals surface area contributed by atoms with Gasteiger partial charge in [-0.3, -0.25) is 0 Å². The number of hydrogen-bond donors (Lipinski definition) is 1. The maximum atomic E-state index is 8.64. The Hall–Kier alpha value is -0.0800. The lowest BCUT2D eigenvalue weighted by molar-refractivity contribution is -0.0318. The van der Waals surface area contributed by atoms with Crippen molar-refractivity contribution in [3.63, 3.8) is 0 Å². The molecule has 0 aromatic heterocycles. The van der Waals surface area contributed by atoms with Gasteiger partial charge in [0, 0.05) is 0 Å². The van der Waals surface area contributed by atoms with E-state index < -0.39 is 0 Å². The van der Waals surface area contributed by atoms with Gasteiger partial charge in [0.2, 0.25) is 0 Å². The lowest BCUT2D eigenvalue weighted by Gasteiger charge is -2.40. The second-order valence-electron chi connectivity index (χ2n) is 4.88. The van der Waals surface area contributed by atoms with Crippen molar-refractivity contribution in [1.29, 1.82) is 0 Å². The van der Waals surface area contributed by atoms with Gasteiger partial charge in [-0.25, -0.2) is 0 Å². The van der Waals surface area contributed by atoms with Crippen molar-refractivity contribution < 1.29 is 9.84 Å². The predicted molar refractivity (Wildman–Crippen MR) is 53.6 cm³/mol. The summed E-state index contributed by atoms with van der Waals surface area (Å²) in [5, 5.41) is 8.64. The lowest BCUT2D eigenvalue weighted by Crippen LogP contribution is -2.34. The zero-order valence-electron chi connectivity index (χ0n) is 9.05. The quantitative estimate of drug-likeness (QED) is 0.732. The van der Waals surface area contributed by atoms with Gasteiger partial charge in [0.25, 0.3) is 0 Å². The minimum atomic E-state index is 0.147. The van der Waals surface area contributed by atoms with Crippen molar-refractivity contribution in [3.8, 4) is 0 Å². The summed E-state index contributed by atoms with van der Waals surface area (Å²) in [6.07, 6.45) is 3.92. The van der Waals surface area contributed by atoms with Crippen LogP contribution in [-0.2, 0) is 4.74 Å². The minimum Gasteiger partial charge on any atom is -0.394 e. The van der Waals surface area contributed by atoms with Crippen LogP contribution in [0.25, 0.3) is 0 Å². The highest BCUT2D eigenvalue weighted by atomic mass is 16.5. The number of ether oxygens (including phenoxy) is 1. The van der Waals surface area contributed by atoms with Crippen LogP contribution in [0.15, 0.2) is 0 Å². The highest BCUT2D eigenvalue weighted by molar-refractivity contribution is 4.84. The van der Waals surface area contributed by atoms with E-state index in [-0.39, 0.29) is 6.61 Å². The van der Waals surface area contributed by atoms with E-state index in [0.717, 1.165) is 18.8 Å². The molecule has 78 valence electrons. The van der Waals surface area contributed by atoms with E-state index in [2.05, 4.69) is 20.8 Å². The zero-order chi connectivity index (χ0) is 9.90. The molecule has 1 aliphatic carbocycles. The fraction of sp³-hybridized carbons (Fsp3) is 1.00. The van der Waals surface area contributed by atoms with E-state index in [1.165, 1.54) is 6.42 Å². The first-order valence-corrected chi connectivity index (χ1v) is 5.28. The van der Waals surface area contributed by atoms with Gasteiger partial charge in [-0.2, -0.15) is 0 Å². The molecule has 1 N–H and O–H groups in total. The van der Waals surface area contributed by atoms with Gasteiger partial charge < -0.3 is 9.84 Å². The van der Waals surface area contributed by atoms with Gasteiger partial charge in [0.1, 0.15) is 0 Å². The Morgan fingerprint density at radius 1 is 1.46 bits per heavy atom. The molecular formula is C11H22O2. The van der Waals surface area contributed by atoms with Crippen LogP contribution in [0.1, 0.15) is 40.0 Å². The molecule has 0 aromatic carbocycles. The molecule has 0 amide bonds. The van der Waals surface area contributed by atoms with Crippen LogP contribution < -0.4 is 0 Å². The average Bonchev–Trinajstić information content (AvgIpc) is 2.07. The second-order valence-corrected chi connectivity index (χ2v) is 4.88. The Morgan fingerprint density at radius 2 is 2.15 bits per heavy atom. The first-order chi connectivity index (χ1) is 6.06. The fourth-order valence-corrected chi connectivity index (χ4v) is 1.98. The van der Waals surface area contributed by atoms with E-state index in [4.69, 9.17) is 9.84 Å². The molecule has 13 heavy (non-hydrogen) atoms. The van der Waals surface area contributed by atoms with Gasteiger partial charge in [0.05, 0.1) is 19.3 Å². The highest BCUT2D eigenvalue weighted by Crippen LogP contribution is 2.40. The fourth-order valence-electron chi connectivity index (χ4n) is 1.98. The van der Waals surface area contributed by atoms with Crippen LogP contribution in [0.4, 0.5) is 0 Å². The molecule has 0 bridgehead atoms. The van der Waals surface area contributed by atoms with E-state index >= 15 is 0 Å². The van der Waals surface area contributed by atoms with Crippen LogP contribution in [0.2, 0.25) is 0 Å². The van der Waals surface area contributed by atoms with Gasteiger partial charge in [-0.05, 0) is 30.6 Å². The second kappa shape index (κ2) is 4.43. The van der Waals surface area contributed by atoms with Crippen molar-refractivity contribution >= 4 is 0 Å². The Kier molecular flexibility index (Phi) is 3.74. The molecule has 0 spiro atoms. The largest absolute Gasteiger partial charge is 0.394 e. The molecule has 1 saturated carbocycles. The molecule has 0 saturated heterocycles. The summed E-state index contributed by atoms with van der Waals surface area (Å²) in [6.45, 7) is 7.61. The maximum Gasteiger partial charge on any atom is 0.0701 e. The first-order valence-electron chi connectivity index (χ1n) is 5.28. The van der Waals surface area contributed by atoms with Crippen LogP contribution in [0.5, 0.6) is 0 Å². The summed E-state index contributed by atoms with van der Waals surface area (Å²) >= 11 is 0. The SMILES string of the molecule is CC1CC(OCCO)CCC1(C)C. The average molecular weight is 186 g/mol. The Balaban J connectivity index is 2.33. The van der Waals surface area contributed by atoms with Crippen LogP contribution in [-0.4, -0.2) is 24.4 Å². The van der Waals surface area contributed by atoms with Crippen LogP contribution >= 0.6 is 0 Å². The molecule has 2 nitrogen and oxygen atoms in total. The number of aliphatic hydroxyl groups excluding tert-OH is 1. The number of aliphatic hydroxyl groups is 1. The minimum absolute atomic E-state index is 0.147. The van der Waals surface area contributed by atoms with Crippen molar-refractivity contribution in [3.05, 3.63) is 0 Å². The van der Waals surface area contributed by atoms with E-state index in [0.29, 0.717) is 18.1 Å². The maximum absolute atomic E-state index is 8.64. The summed E-state index contributed by atoms with van der Waals surface area (Å²) in [5.41, 5.74) is 0.471. The summed E-state index contributed by atoms with van der Waals surface area (Å²) in [5.74, 6) is 0.727. The summed E-state index contributed by atoms with van der Waals surface area (Å²) in [7, 11) is 0. The molecular weight excluding hydrogens is 164 g/mol. The van der Waals surface area contributed by atoms with Crippen molar-refractivity contribution in [2.24, 2.45) is 11.3 Å². The van der Waals surface area contributed by atoms with Gasteiger partial charge in [0.15, 0.2) is 0 Å². The topological polar surface area (TPSA) is 29.5 Å². The van der Waals surface area contributed by atoms with Crippen LogP contribution in [0, 0.1) is 11.3 Å². The summed E-state index contributed by atoms with van der Waals surface area (Å²) in [6, 6.07) is 0. The molecule has 0 aliphatic heterocycles. The smallest absolute Gasteiger partial charge is 0.0701 e. The summed E-state index contributed by atoms with van der Waals surface area (Å²) < 4.78 is 5.55. The highest BCUT2D eigenvalue weighted by Gasteiger charge is 2.33. The molecule has 2 atom stereocenters. The number of hydrogen-bond acceptors (Lipinski definition) is 2. The molecule has 2 unspecified atom stereocenters. The Labute approximate surface area is 81.3 Å². The van der Waals surface area contributed by atoms with Crippen molar-refractivity contribution in [2.75, 3.05) is 13.2 Å². The Morgan fingerprint density at radius 3 is 2.69 bits per heavy atom. The van der Waals surface area contributed by atoms with E-state index in [9.17, 15) is 0 Å². The van der Waals surface area contributed by atoms with E-state index in [1.54, 1.807) is 0 Å². The lowest BCUT2D eigenvalue weighted by atomic mass is 9.69. The zero-order valence-corrected chi connectivity index (χ0v) is 9.05. The third-order valence-corrected chi connectivity index (χ3v) is 3.51. The normalized spacial score (nSPS) is 33.2. The molecule has 2 heteroatoms. The molecule has 0 radical (unpaired) electrons. The monoisotopic (exact) mass is 186 g/mol. The van der Waals surface area contributed by atoms with Crippen LogP contribution in [0.3, 0.4) is 0 Å². The molecule has 1 fully saturated rings. The Bertz CT molecular complexity index is 154. The third-order valence-electron chi connectivity index (χ3n) is 3.51. The first kappa shape index (κ1) is 11.0.